The number of hydrogen-bond donors (Lipinski definition) is 0. The van der Waals surface area contributed by atoms with Crippen molar-refractivity contribution in [2.75, 3.05) is 9.80 Å². The maximum Gasteiger partial charge on any atom is 0.0632 e. The number of allylic oxidation sites excluding steroid dienone is 8. The van der Waals surface area contributed by atoms with Gasteiger partial charge in [-0.25, -0.2) is 0 Å². The standard InChI is InChI=1S/C48H40N2/c1-34-13-10-11-30-49(42-19-12-18-38(31-42)36-16-6-3-7-17-36)47-32-39(24-28-43(34)47)40-25-29-45-44-20-8-9-21-46(44)50(48(45)33-40)41-26-22-37(23-27-41)35-14-4-2-5-15-35/h2-23,25-27,29-31,33,39,45,48H,1,24,28,32H2/b13-10-,30-11-. The lowest BCUT2D eigenvalue weighted by atomic mass is 9.76. The summed E-state index contributed by atoms with van der Waals surface area (Å²) in [7, 11) is 0. The van der Waals surface area contributed by atoms with E-state index < -0.39 is 0 Å². The lowest BCUT2D eigenvalue weighted by Gasteiger charge is -2.37. The van der Waals surface area contributed by atoms with Gasteiger partial charge in [-0.05, 0) is 106 Å². The molecule has 0 amide bonds. The molecule has 0 saturated carbocycles. The van der Waals surface area contributed by atoms with E-state index in [0.29, 0.717) is 11.8 Å². The van der Waals surface area contributed by atoms with Crippen molar-refractivity contribution >= 4 is 17.1 Å². The van der Waals surface area contributed by atoms with E-state index in [0.717, 1.165) is 24.8 Å². The third kappa shape index (κ3) is 5.47. The van der Waals surface area contributed by atoms with E-state index in [-0.39, 0.29) is 6.04 Å². The van der Waals surface area contributed by atoms with Crippen LogP contribution in [-0.2, 0) is 0 Å². The second-order valence-corrected chi connectivity index (χ2v) is 13.8. The molecule has 2 heterocycles. The van der Waals surface area contributed by atoms with Gasteiger partial charge in [-0.2, -0.15) is 0 Å². The molecule has 242 valence electrons. The summed E-state index contributed by atoms with van der Waals surface area (Å²) in [6.45, 7) is 4.53. The van der Waals surface area contributed by atoms with Gasteiger partial charge >= 0.3 is 0 Å². The highest BCUT2D eigenvalue weighted by atomic mass is 15.2. The number of anilines is 3. The van der Waals surface area contributed by atoms with Gasteiger partial charge in [-0.1, -0.05) is 140 Å². The van der Waals surface area contributed by atoms with Gasteiger partial charge in [0.2, 0.25) is 0 Å². The van der Waals surface area contributed by atoms with E-state index in [9.17, 15) is 0 Å². The molecule has 0 N–H and O–H groups in total. The number of rotatable bonds is 5. The summed E-state index contributed by atoms with van der Waals surface area (Å²) in [4.78, 5) is 4.99. The maximum atomic E-state index is 4.53. The number of hydrogen-bond acceptors (Lipinski definition) is 2. The molecular weight excluding hydrogens is 605 g/mol. The topological polar surface area (TPSA) is 6.48 Å². The van der Waals surface area contributed by atoms with Gasteiger partial charge < -0.3 is 9.80 Å². The fraction of sp³-hybridized carbons (Fsp3) is 0.125. The molecule has 0 saturated heterocycles. The van der Waals surface area contributed by atoms with Crippen molar-refractivity contribution in [3.8, 4) is 22.3 Å². The zero-order chi connectivity index (χ0) is 33.4. The van der Waals surface area contributed by atoms with Crippen LogP contribution in [0.25, 0.3) is 22.3 Å². The molecule has 2 aliphatic carbocycles. The van der Waals surface area contributed by atoms with Crippen LogP contribution in [0.1, 0.15) is 30.7 Å². The Bertz CT molecular complexity index is 2220. The van der Waals surface area contributed by atoms with Crippen molar-refractivity contribution in [2.45, 2.75) is 31.2 Å². The first-order valence-corrected chi connectivity index (χ1v) is 17.9. The third-order valence-electron chi connectivity index (χ3n) is 10.9. The zero-order valence-electron chi connectivity index (χ0n) is 28.2. The normalized spacial score (nSPS) is 22.2. The predicted octanol–water partition coefficient (Wildman–Crippen LogP) is 12.3. The van der Waals surface area contributed by atoms with Crippen molar-refractivity contribution in [3.63, 3.8) is 0 Å². The predicted molar refractivity (Wildman–Crippen MR) is 210 cm³/mol. The number of benzene rings is 5. The van der Waals surface area contributed by atoms with Crippen LogP contribution in [0.15, 0.2) is 205 Å². The summed E-state index contributed by atoms with van der Waals surface area (Å²) < 4.78 is 0. The summed E-state index contributed by atoms with van der Waals surface area (Å²) in [6, 6.07) is 48.6. The van der Waals surface area contributed by atoms with E-state index in [1.54, 1.807) is 0 Å². The number of para-hydroxylation sites is 1. The monoisotopic (exact) mass is 644 g/mol. The molecule has 3 atom stereocenters. The highest BCUT2D eigenvalue weighted by molar-refractivity contribution is 5.77. The van der Waals surface area contributed by atoms with Crippen LogP contribution >= 0.6 is 0 Å². The van der Waals surface area contributed by atoms with Crippen molar-refractivity contribution < 1.29 is 0 Å². The van der Waals surface area contributed by atoms with Crippen molar-refractivity contribution in [1.82, 2.24) is 0 Å². The molecule has 0 radical (unpaired) electrons. The Balaban J connectivity index is 1.05. The van der Waals surface area contributed by atoms with Crippen LogP contribution in [-0.4, -0.2) is 6.04 Å². The molecule has 5 aromatic carbocycles. The minimum atomic E-state index is 0.235. The van der Waals surface area contributed by atoms with Gasteiger partial charge in [-0.3, -0.25) is 0 Å². The zero-order valence-corrected chi connectivity index (χ0v) is 28.2. The Kier molecular flexibility index (Phi) is 7.78. The Hall–Kier alpha value is -5.86. The van der Waals surface area contributed by atoms with E-state index in [4.69, 9.17) is 0 Å². The summed E-state index contributed by atoms with van der Waals surface area (Å²) >= 11 is 0. The molecule has 0 spiro atoms. The fourth-order valence-electron chi connectivity index (χ4n) is 8.39. The van der Waals surface area contributed by atoms with E-state index in [1.807, 2.05) is 0 Å². The van der Waals surface area contributed by atoms with E-state index >= 15 is 0 Å². The molecule has 50 heavy (non-hydrogen) atoms. The van der Waals surface area contributed by atoms with Gasteiger partial charge in [0.1, 0.15) is 0 Å². The Labute approximate surface area is 296 Å². The molecular formula is C48H40N2. The van der Waals surface area contributed by atoms with E-state index in [2.05, 4.69) is 192 Å². The quantitative estimate of drug-likeness (QED) is 0.188. The molecule has 9 rings (SSSR count). The molecule has 5 aromatic rings. The van der Waals surface area contributed by atoms with Crippen LogP contribution in [0, 0.1) is 5.92 Å². The molecule has 2 nitrogen and oxygen atoms in total. The third-order valence-corrected chi connectivity index (χ3v) is 10.9. The average molecular weight is 645 g/mol. The molecule has 4 aliphatic rings. The number of nitrogens with zero attached hydrogens (tertiary/aromatic N) is 2. The molecule has 0 fully saturated rings. The van der Waals surface area contributed by atoms with Gasteiger partial charge in [0.25, 0.3) is 0 Å². The minimum Gasteiger partial charge on any atom is -0.333 e. The largest absolute Gasteiger partial charge is 0.333 e. The Morgan fingerprint density at radius 2 is 1.32 bits per heavy atom. The SMILES string of the molecule is C=C1/C=C\C=C/N(c2cccc(-c3ccccc3)c2)C2=C1CCC(C1=CC3C(C=C1)c1ccccc1N3c1ccc(-c3ccccc3)cc1)C2. The van der Waals surface area contributed by atoms with Crippen molar-refractivity contribution in [3.05, 3.63) is 211 Å². The lowest BCUT2D eigenvalue weighted by Crippen LogP contribution is -2.31. The summed E-state index contributed by atoms with van der Waals surface area (Å²) in [5.74, 6) is 0.745. The van der Waals surface area contributed by atoms with Crippen LogP contribution in [0.4, 0.5) is 17.1 Å². The highest BCUT2D eigenvalue weighted by Crippen LogP contribution is 2.50. The van der Waals surface area contributed by atoms with Gasteiger partial charge in [0, 0.05) is 34.9 Å². The molecule has 2 aliphatic heterocycles. The van der Waals surface area contributed by atoms with Crippen LogP contribution < -0.4 is 9.80 Å². The number of fused-ring (bicyclic) bond motifs is 3. The highest BCUT2D eigenvalue weighted by Gasteiger charge is 2.39. The maximum absolute atomic E-state index is 4.53. The van der Waals surface area contributed by atoms with Crippen LogP contribution in [0.2, 0.25) is 0 Å². The Morgan fingerprint density at radius 1 is 0.620 bits per heavy atom. The lowest BCUT2D eigenvalue weighted by molar-refractivity contribution is 0.519. The second-order valence-electron chi connectivity index (χ2n) is 13.8. The summed E-state index contributed by atoms with van der Waals surface area (Å²) in [5.41, 5.74) is 15.4. The summed E-state index contributed by atoms with van der Waals surface area (Å²) in [5, 5.41) is 0. The average Bonchev–Trinajstić information content (AvgIpc) is 3.51. The smallest absolute Gasteiger partial charge is 0.0632 e. The van der Waals surface area contributed by atoms with Crippen LogP contribution in [0.5, 0.6) is 0 Å². The fourth-order valence-corrected chi connectivity index (χ4v) is 8.39. The van der Waals surface area contributed by atoms with Gasteiger partial charge in [-0.15, -0.1) is 0 Å². The first-order chi connectivity index (χ1) is 24.7. The molecule has 3 unspecified atom stereocenters. The van der Waals surface area contributed by atoms with E-state index in [1.165, 1.54) is 61.7 Å². The van der Waals surface area contributed by atoms with Crippen LogP contribution in [0.3, 0.4) is 0 Å². The molecule has 0 bridgehead atoms. The van der Waals surface area contributed by atoms with Crippen molar-refractivity contribution in [2.24, 2.45) is 5.92 Å². The van der Waals surface area contributed by atoms with Gasteiger partial charge in [0.15, 0.2) is 0 Å². The molecule has 2 heteroatoms. The second kappa shape index (κ2) is 12.9. The first kappa shape index (κ1) is 30.2. The van der Waals surface area contributed by atoms with Gasteiger partial charge in [0.05, 0.1) is 6.04 Å². The first-order valence-electron chi connectivity index (χ1n) is 17.9. The minimum absolute atomic E-state index is 0.235. The Morgan fingerprint density at radius 3 is 2.12 bits per heavy atom. The van der Waals surface area contributed by atoms with Crippen molar-refractivity contribution in [1.29, 1.82) is 0 Å². The molecule has 0 aromatic heterocycles. The summed E-state index contributed by atoms with van der Waals surface area (Å²) in [6.07, 6.45) is 19.3.